The smallest absolute Gasteiger partial charge is 0.257 e. The Morgan fingerprint density at radius 1 is 0.774 bits per heavy atom. The number of para-hydroxylation sites is 1. The van der Waals surface area contributed by atoms with Crippen LogP contribution in [0, 0.1) is 0 Å². The number of hydrogen-bond acceptors (Lipinski definition) is 4. The van der Waals surface area contributed by atoms with Crippen molar-refractivity contribution < 1.29 is 13.2 Å². The maximum absolute atomic E-state index is 12.9. The number of hydrogen-bond donors (Lipinski definition) is 1. The molecule has 6 heteroatoms. The summed E-state index contributed by atoms with van der Waals surface area (Å²) >= 11 is 0. The molecule has 0 bridgehead atoms. The third kappa shape index (κ3) is 4.87. The zero-order valence-corrected chi connectivity index (χ0v) is 17.4. The van der Waals surface area contributed by atoms with Gasteiger partial charge in [0.1, 0.15) is 0 Å². The van der Waals surface area contributed by atoms with Crippen LogP contribution in [0.4, 0.5) is 5.69 Å². The number of anilines is 1. The number of sulfone groups is 1. The molecule has 0 aliphatic carbocycles. The predicted octanol–water partition coefficient (Wildman–Crippen LogP) is 4.97. The molecular formula is C25H20N2O3S. The summed E-state index contributed by atoms with van der Waals surface area (Å²) in [5.41, 5.74) is 3.15. The van der Waals surface area contributed by atoms with Gasteiger partial charge in [0.2, 0.25) is 0 Å². The molecule has 1 aromatic heterocycles. The predicted molar refractivity (Wildman–Crippen MR) is 121 cm³/mol. The van der Waals surface area contributed by atoms with Gasteiger partial charge in [-0.2, -0.15) is 0 Å². The van der Waals surface area contributed by atoms with Gasteiger partial charge in [-0.1, -0.05) is 66.7 Å². The van der Waals surface area contributed by atoms with Gasteiger partial charge in [-0.25, -0.2) is 8.42 Å². The molecule has 4 aromatic rings. The van der Waals surface area contributed by atoms with Gasteiger partial charge in [0.25, 0.3) is 5.91 Å². The topological polar surface area (TPSA) is 76.1 Å². The number of nitrogens with zero attached hydrogens (tertiary/aromatic N) is 1. The molecule has 5 nitrogen and oxygen atoms in total. The number of rotatable bonds is 6. The molecule has 0 atom stereocenters. The summed E-state index contributed by atoms with van der Waals surface area (Å²) in [7, 11) is -3.54. The first-order valence-corrected chi connectivity index (χ1v) is 11.4. The van der Waals surface area contributed by atoms with Gasteiger partial charge >= 0.3 is 0 Å². The highest BCUT2D eigenvalue weighted by Gasteiger charge is 2.18. The minimum atomic E-state index is -3.54. The van der Waals surface area contributed by atoms with Crippen molar-refractivity contribution >= 4 is 21.4 Å². The van der Waals surface area contributed by atoms with Crippen LogP contribution < -0.4 is 5.32 Å². The second-order valence-corrected chi connectivity index (χ2v) is 9.00. The van der Waals surface area contributed by atoms with Crippen LogP contribution in [0.1, 0.15) is 15.9 Å². The molecule has 0 fully saturated rings. The summed E-state index contributed by atoms with van der Waals surface area (Å²) in [6.45, 7) is 0. The Balaban J connectivity index is 1.58. The van der Waals surface area contributed by atoms with Gasteiger partial charge < -0.3 is 5.32 Å². The molecular weight excluding hydrogens is 408 g/mol. The number of benzene rings is 3. The van der Waals surface area contributed by atoms with E-state index in [1.807, 2.05) is 30.3 Å². The highest BCUT2D eigenvalue weighted by molar-refractivity contribution is 7.90. The Labute approximate surface area is 181 Å². The fourth-order valence-corrected chi connectivity index (χ4v) is 4.63. The molecule has 0 aliphatic rings. The van der Waals surface area contributed by atoms with Crippen molar-refractivity contribution in [1.82, 2.24) is 4.98 Å². The number of carbonyl (C=O) groups excluding carboxylic acids is 1. The van der Waals surface area contributed by atoms with E-state index in [4.69, 9.17) is 0 Å². The van der Waals surface area contributed by atoms with Crippen LogP contribution in [-0.2, 0) is 15.6 Å². The van der Waals surface area contributed by atoms with Gasteiger partial charge in [0.05, 0.1) is 16.2 Å². The van der Waals surface area contributed by atoms with Crippen molar-refractivity contribution in [2.75, 3.05) is 5.32 Å². The molecule has 3 aromatic carbocycles. The molecule has 31 heavy (non-hydrogen) atoms. The van der Waals surface area contributed by atoms with Gasteiger partial charge in [-0.3, -0.25) is 9.78 Å². The Bertz CT molecular complexity index is 1300. The molecule has 0 spiro atoms. The van der Waals surface area contributed by atoms with E-state index in [9.17, 15) is 13.2 Å². The normalized spacial score (nSPS) is 11.1. The minimum absolute atomic E-state index is 0.213. The number of amides is 1. The van der Waals surface area contributed by atoms with Crippen LogP contribution in [0.5, 0.6) is 0 Å². The first-order valence-electron chi connectivity index (χ1n) is 9.70. The molecule has 1 amide bonds. The Kier molecular flexibility index (Phi) is 5.91. The lowest BCUT2D eigenvalue weighted by Crippen LogP contribution is -2.15. The van der Waals surface area contributed by atoms with Crippen LogP contribution in [0.15, 0.2) is 108 Å². The van der Waals surface area contributed by atoms with E-state index in [0.29, 0.717) is 16.8 Å². The van der Waals surface area contributed by atoms with Crippen molar-refractivity contribution in [2.24, 2.45) is 0 Å². The minimum Gasteiger partial charge on any atom is -0.322 e. The van der Waals surface area contributed by atoms with Crippen LogP contribution in [0.2, 0.25) is 0 Å². The maximum atomic E-state index is 12.9. The molecule has 0 unspecified atom stereocenters. The van der Waals surface area contributed by atoms with E-state index < -0.39 is 9.84 Å². The molecule has 0 aliphatic heterocycles. The number of pyridine rings is 1. The quantitative estimate of drug-likeness (QED) is 0.470. The number of nitrogens with one attached hydrogen (secondary N) is 1. The number of carbonyl (C=O) groups is 1. The van der Waals surface area contributed by atoms with Crippen molar-refractivity contribution in [3.05, 3.63) is 115 Å². The molecule has 1 N–H and O–H groups in total. The summed E-state index contributed by atoms with van der Waals surface area (Å²) < 4.78 is 25.6. The zero-order valence-electron chi connectivity index (χ0n) is 16.6. The molecule has 4 rings (SSSR count). The van der Waals surface area contributed by atoms with Crippen molar-refractivity contribution in [2.45, 2.75) is 10.6 Å². The Morgan fingerprint density at radius 3 is 2.16 bits per heavy atom. The highest BCUT2D eigenvalue weighted by Crippen LogP contribution is 2.24. The maximum Gasteiger partial charge on any atom is 0.257 e. The molecule has 0 radical (unpaired) electrons. The van der Waals surface area contributed by atoms with Crippen LogP contribution in [-0.4, -0.2) is 19.3 Å². The van der Waals surface area contributed by atoms with Crippen LogP contribution >= 0.6 is 0 Å². The molecule has 0 saturated carbocycles. The molecule has 0 saturated heterocycles. The lowest BCUT2D eigenvalue weighted by molar-refractivity contribution is 0.102. The van der Waals surface area contributed by atoms with Crippen molar-refractivity contribution in [3.8, 4) is 11.1 Å². The standard InChI is InChI=1S/C25H20N2O3S/c28-25(22-15-21(16-26-17-22)19-9-3-1-4-10-19)27-24-14-8-7-11-20(24)18-31(29,30)23-12-5-2-6-13-23/h1-17H,18H2,(H,27,28). The van der Waals surface area contributed by atoms with Crippen LogP contribution in [0.25, 0.3) is 11.1 Å². The second kappa shape index (κ2) is 8.93. The van der Waals surface area contributed by atoms with E-state index in [1.54, 1.807) is 66.9 Å². The highest BCUT2D eigenvalue weighted by atomic mass is 32.2. The summed E-state index contributed by atoms with van der Waals surface area (Å²) in [5, 5.41) is 2.84. The fraction of sp³-hybridized carbons (Fsp3) is 0.0400. The van der Waals surface area contributed by atoms with E-state index in [2.05, 4.69) is 10.3 Å². The SMILES string of the molecule is O=C(Nc1ccccc1CS(=O)(=O)c1ccccc1)c1cncc(-c2ccccc2)c1. The lowest BCUT2D eigenvalue weighted by Gasteiger charge is -2.12. The van der Waals surface area contributed by atoms with Crippen molar-refractivity contribution in [3.63, 3.8) is 0 Å². The Hall–Kier alpha value is -3.77. The monoisotopic (exact) mass is 428 g/mol. The average molecular weight is 429 g/mol. The van der Waals surface area contributed by atoms with E-state index in [1.165, 1.54) is 6.20 Å². The summed E-state index contributed by atoms with van der Waals surface area (Å²) in [6.07, 6.45) is 3.19. The van der Waals surface area contributed by atoms with Crippen molar-refractivity contribution in [1.29, 1.82) is 0 Å². The largest absolute Gasteiger partial charge is 0.322 e. The van der Waals surface area contributed by atoms with Gasteiger partial charge in [0.15, 0.2) is 9.84 Å². The summed E-state index contributed by atoms with van der Waals surface area (Å²) in [6, 6.07) is 26.6. The van der Waals surface area contributed by atoms with Crippen LogP contribution in [0.3, 0.4) is 0 Å². The van der Waals surface area contributed by atoms with Gasteiger partial charge in [0, 0.05) is 23.6 Å². The van der Waals surface area contributed by atoms with E-state index in [-0.39, 0.29) is 16.6 Å². The fourth-order valence-electron chi connectivity index (χ4n) is 3.23. The van der Waals surface area contributed by atoms with E-state index in [0.717, 1.165) is 11.1 Å². The zero-order chi connectivity index (χ0) is 21.7. The lowest BCUT2D eigenvalue weighted by atomic mass is 10.1. The first kappa shape index (κ1) is 20.5. The average Bonchev–Trinajstić information content (AvgIpc) is 2.81. The Morgan fingerprint density at radius 2 is 1.42 bits per heavy atom. The second-order valence-electron chi connectivity index (χ2n) is 7.01. The third-order valence-electron chi connectivity index (χ3n) is 4.82. The summed E-state index contributed by atoms with van der Waals surface area (Å²) in [5.74, 6) is -0.565. The molecule has 154 valence electrons. The number of aromatic nitrogens is 1. The third-order valence-corrected chi connectivity index (χ3v) is 6.50. The summed E-state index contributed by atoms with van der Waals surface area (Å²) in [4.78, 5) is 17.3. The van der Waals surface area contributed by atoms with E-state index >= 15 is 0 Å². The first-order chi connectivity index (χ1) is 15.0. The van der Waals surface area contributed by atoms with Gasteiger partial charge in [-0.15, -0.1) is 0 Å². The molecule has 1 heterocycles. The van der Waals surface area contributed by atoms with Gasteiger partial charge in [-0.05, 0) is 35.4 Å².